The Balaban J connectivity index is 1.88. The zero-order chi connectivity index (χ0) is 19.9. The fourth-order valence-corrected chi connectivity index (χ4v) is 5.79. The molecule has 2 fully saturated rings. The number of aryl methyl sites for hydroxylation is 1. The molecular weight excluding hydrogens is 340 g/mol. The Hall–Kier alpha value is -1.96. The van der Waals surface area contributed by atoms with E-state index in [1.165, 1.54) is 42.6 Å². The van der Waals surface area contributed by atoms with Crippen LogP contribution in [0.3, 0.4) is 0 Å². The monoisotopic (exact) mass is 376 g/mol. The van der Waals surface area contributed by atoms with Crippen molar-refractivity contribution in [2.75, 3.05) is 9.80 Å². The van der Waals surface area contributed by atoms with Crippen LogP contribution in [0, 0.1) is 18.3 Å². The Morgan fingerprint density at radius 3 is 2.04 bits per heavy atom. The first-order chi connectivity index (χ1) is 13.4. The molecule has 1 saturated heterocycles. The normalized spacial score (nSPS) is 26.2. The molecule has 150 valence electrons. The second-order valence-corrected chi connectivity index (χ2v) is 9.95. The Bertz CT molecular complexity index is 786. The van der Waals surface area contributed by atoms with Gasteiger partial charge in [0.25, 0.3) is 0 Å². The molecule has 2 aromatic carbocycles. The van der Waals surface area contributed by atoms with Gasteiger partial charge in [-0.1, -0.05) is 70.0 Å². The average molecular weight is 377 g/mol. The number of hydrogen-bond donors (Lipinski definition) is 0. The van der Waals surface area contributed by atoms with Crippen molar-refractivity contribution in [1.82, 2.24) is 0 Å². The summed E-state index contributed by atoms with van der Waals surface area (Å²) in [5.74, 6) is 0.786. The largest absolute Gasteiger partial charge is 0.346 e. The predicted molar refractivity (Wildman–Crippen MR) is 121 cm³/mol. The highest BCUT2D eigenvalue weighted by molar-refractivity contribution is 5.63. The van der Waals surface area contributed by atoms with E-state index in [1.807, 2.05) is 0 Å². The lowest BCUT2D eigenvalue weighted by atomic mass is 9.89. The lowest BCUT2D eigenvalue weighted by Crippen LogP contribution is -2.50. The summed E-state index contributed by atoms with van der Waals surface area (Å²) in [5, 5.41) is 0. The number of hydrogen-bond acceptors (Lipinski definition) is 2. The minimum Gasteiger partial charge on any atom is -0.346 e. The van der Waals surface area contributed by atoms with E-state index < -0.39 is 0 Å². The van der Waals surface area contributed by atoms with Crippen LogP contribution in [-0.4, -0.2) is 18.2 Å². The SMILES string of the molecule is Cc1ccccc1N1C(C(C)(C)C)N(c2ccccc2)C(C2CCCC2)[C@@H]1C. The quantitative estimate of drug-likeness (QED) is 0.592. The number of nitrogens with zero attached hydrogens (tertiary/aromatic N) is 2. The van der Waals surface area contributed by atoms with E-state index in [-0.39, 0.29) is 5.41 Å². The molecule has 2 unspecified atom stereocenters. The van der Waals surface area contributed by atoms with Crippen LogP contribution in [0.15, 0.2) is 54.6 Å². The van der Waals surface area contributed by atoms with Crippen LogP contribution in [0.4, 0.5) is 11.4 Å². The first kappa shape index (κ1) is 19.4. The van der Waals surface area contributed by atoms with E-state index in [0.29, 0.717) is 18.2 Å². The number of para-hydroxylation sites is 2. The number of rotatable bonds is 3. The molecular formula is C26H36N2. The van der Waals surface area contributed by atoms with E-state index in [4.69, 9.17) is 0 Å². The number of benzene rings is 2. The maximum Gasteiger partial charge on any atom is 0.107 e. The van der Waals surface area contributed by atoms with E-state index in [2.05, 4.69) is 99.0 Å². The molecule has 0 amide bonds. The summed E-state index contributed by atoms with van der Waals surface area (Å²) >= 11 is 0. The zero-order valence-corrected chi connectivity index (χ0v) is 18.2. The van der Waals surface area contributed by atoms with Gasteiger partial charge in [-0.15, -0.1) is 0 Å². The summed E-state index contributed by atoms with van der Waals surface area (Å²) in [6.07, 6.45) is 5.87. The van der Waals surface area contributed by atoms with Gasteiger partial charge in [-0.05, 0) is 56.4 Å². The standard InChI is InChI=1S/C26H36N2/c1-19-13-9-12-18-23(19)27-20(2)24(21-14-10-11-15-21)28(25(27)26(3,4)5)22-16-7-6-8-17-22/h6-9,12-13,16-18,20-21,24-25H,10-11,14-15H2,1-5H3/t20-,24?,25?/m0/s1. The average Bonchev–Trinajstić information content (AvgIpc) is 3.28. The minimum atomic E-state index is 0.139. The second kappa shape index (κ2) is 7.46. The molecule has 2 nitrogen and oxygen atoms in total. The summed E-state index contributed by atoms with van der Waals surface area (Å²) in [6, 6.07) is 21.2. The molecule has 2 aliphatic rings. The third-order valence-corrected chi connectivity index (χ3v) is 6.89. The summed E-state index contributed by atoms with van der Waals surface area (Å²) in [5.41, 5.74) is 4.29. The molecule has 0 spiro atoms. The summed E-state index contributed by atoms with van der Waals surface area (Å²) < 4.78 is 0. The Morgan fingerprint density at radius 2 is 1.43 bits per heavy atom. The predicted octanol–water partition coefficient (Wildman–Crippen LogP) is 6.64. The van der Waals surface area contributed by atoms with Gasteiger partial charge in [0, 0.05) is 22.8 Å². The lowest BCUT2D eigenvalue weighted by molar-refractivity contribution is 0.309. The van der Waals surface area contributed by atoms with Gasteiger partial charge in [-0.2, -0.15) is 0 Å². The molecule has 0 aromatic heterocycles. The van der Waals surface area contributed by atoms with Gasteiger partial charge in [0.1, 0.15) is 6.17 Å². The van der Waals surface area contributed by atoms with E-state index in [0.717, 1.165) is 5.92 Å². The first-order valence-electron chi connectivity index (χ1n) is 11.1. The third-order valence-electron chi connectivity index (χ3n) is 6.89. The molecule has 0 bridgehead atoms. The van der Waals surface area contributed by atoms with Gasteiger partial charge >= 0.3 is 0 Å². The van der Waals surface area contributed by atoms with Crippen LogP contribution >= 0.6 is 0 Å². The molecule has 28 heavy (non-hydrogen) atoms. The van der Waals surface area contributed by atoms with Gasteiger partial charge in [-0.3, -0.25) is 0 Å². The van der Waals surface area contributed by atoms with Crippen molar-refractivity contribution in [3.05, 3.63) is 60.2 Å². The topological polar surface area (TPSA) is 6.48 Å². The summed E-state index contributed by atoms with van der Waals surface area (Å²) in [7, 11) is 0. The van der Waals surface area contributed by atoms with Gasteiger partial charge in [-0.25, -0.2) is 0 Å². The number of anilines is 2. The molecule has 0 radical (unpaired) electrons. The fraction of sp³-hybridized carbons (Fsp3) is 0.538. The molecule has 2 heteroatoms. The molecule has 1 heterocycles. The van der Waals surface area contributed by atoms with E-state index >= 15 is 0 Å². The molecule has 1 saturated carbocycles. The van der Waals surface area contributed by atoms with Crippen LogP contribution in [0.5, 0.6) is 0 Å². The highest BCUT2D eigenvalue weighted by Crippen LogP contribution is 2.48. The molecule has 1 aliphatic heterocycles. The maximum absolute atomic E-state index is 2.78. The van der Waals surface area contributed by atoms with Crippen LogP contribution in [0.25, 0.3) is 0 Å². The van der Waals surface area contributed by atoms with Crippen molar-refractivity contribution in [3.63, 3.8) is 0 Å². The first-order valence-corrected chi connectivity index (χ1v) is 11.1. The van der Waals surface area contributed by atoms with E-state index in [9.17, 15) is 0 Å². The van der Waals surface area contributed by atoms with Gasteiger partial charge < -0.3 is 9.80 Å². The second-order valence-electron chi connectivity index (χ2n) is 9.95. The van der Waals surface area contributed by atoms with Crippen molar-refractivity contribution in [2.45, 2.75) is 78.6 Å². The smallest absolute Gasteiger partial charge is 0.107 e. The van der Waals surface area contributed by atoms with Gasteiger partial charge in [0.2, 0.25) is 0 Å². The van der Waals surface area contributed by atoms with Crippen LogP contribution in [-0.2, 0) is 0 Å². The summed E-state index contributed by atoms with van der Waals surface area (Å²) in [4.78, 5) is 5.53. The van der Waals surface area contributed by atoms with Crippen molar-refractivity contribution >= 4 is 11.4 Å². The molecule has 4 rings (SSSR count). The molecule has 0 N–H and O–H groups in total. The van der Waals surface area contributed by atoms with E-state index in [1.54, 1.807) is 0 Å². The summed E-state index contributed by atoms with van der Waals surface area (Å²) in [6.45, 7) is 11.9. The van der Waals surface area contributed by atoms with Crippen LogP contribution in [0.2, 0.25) is 0 Å². The van der Waals surface area contributed by atoms with Crippen molar-refractivity contribution in [3.8, 4) is 0 Å². The fourth-order valence-electron chi connectivity index (χ4n) is 5.79. The van der Waals surface area contributed by atoms with Gasteiger partial charge in [0.15, 0.2) is 0 Å². The zero-order valence-electron chi connectivity index (χ0n) is 18.2. The Labute approximate surface area is 171 Å². The Kier molecular flexibility index (Phi) is 5.16. The molecule has 2 aromatic rings. The van der Waals surface area contributed by atoms with Crippen molar-refractivity contribution < 1.29 is 0 Å². The van der Waals surface area contributed by atoms with Crippen LogP contribution in [0.1, 0.15) is 58.9 Å². The third kappa shape index (κ3) is 3.32. The molecule has 1 aliphatic carbocycles. The molecule has 3 atom stereocenters. The highest BCUT2D eigenvalue weighted by Gasteiger charge is 2.52. The lowest BCUT2D eigenvalue weighted by Gasteiger charge is -2.43. The van der Waals surface area contributed by atoms with Crippen LogP contribution < -0.4 is 9.80 Å². The highest BCUT2D eigenvalue weighted by atomic mass is 15.5. The van der Waals surface area contributed by atoms with Crippen molar-refractivity contribution in [1.29, 1.82) is 0 Å². The van der Waals surface area contributed by atoms with Gasteiger partial charge in [0.05, 0.1) is 6.04 Å². The minimum absolute atomic E-state index is 0.139. The van der Waals surface area contributed by atoms with Crippen molar-refractivity contribution in [2.24, 2.45) is 11.3 Å². The Morgan fingerprint density at radius 1 is 0.821 bits per heavy atom. The maximum atomic E-state index is 2.78.